The number of piperazine rings is 1. The first-order chi connectivity index (χ1) is 18.4. The van der Waals surface area contributed by atoms with E-state index in [2.05, 4.69) is 82.7 Å². The summed E-state index contributed by atoms with van der Waals surface area (Å²) in [5.74, 6) is -0.0791. The molecule has 194 valence electrons. The van der Waals surface area contributed by atoms with Crippen LogP contribution < -0.4 is 9.80 Å². The van der Waals surface area contributed by atoms with Crippen molar-refractivity contribution in [1.82, 2.24) is 14.9 Å². The Morgan fingerprint density at radius 3 is 2.47 bits per heavy atom. The van der Waals surface area contributed by atoms with Crippen LogP contribution in [0.15, 0.2) is 67.4 Å². The van der Waals surface area contributed by atoms with Gasteiger partial charge in [0.1, 0.15) is 5.65 Å². The molecule has 2 aromatic heterocycles. The molecule has 38 heavy (non-hydrogen) atoms. The van der Waals surface area contributed by atoms with Crippen molar-refractivity contribution in [3.63, 3.8) is 0 Å². The Kier molecular flexibility index (Phi) is 6.46. The minimum Gasteiger partial charge on any atom is -0.369 e. The molecule has 6 nitrogen and oxygen atoms in total. The number of hydrogen-bond acceptors (Lipinski definition) is 4. The summed E-state index contributed by atoms with van der Waals surface area (Å²) in [4.78, 5) is 27.4. The van der Waals surface area contributed by atoms with Crippen LogP contribution in [0.2, 0.25) is 5.02 Å². The first kappa shape index (κ1) is 24.7. The second-order valence-electron chi connectivity index (χ2n) is 10.3. The second kappa shape index (κ2) is 9.93. The predicted molar refractivity (Wildman–Crippen MR) is 157 cm³/mol. The molecule has 0 atom stereocenters. The van der Waals surface area contributed by atoms with Gasteiger partial charge in [-0.2, -0.15) is 0 Å². The fourth-order valence-electron chi connectivity index (χ4n) is 5.79. The molecular weight excluding hydrogens is 494 g/mol. The molecule has 0 bridgehead atoms. The van der Waals surface area contributed by atoms with Gasteiger partial charge in [0.2, 0.25) is 5.91 Å². The molecule has 7 heteroatoms. The largest absolute Gasteiger partial charge is 0.369 e. The summed E-state index contributed by atoms with van der Waals surface area (Å²) in [5.41, 5.74) is 8.11. The summed E-state index contributed by atoms with van der Waals surface area (Å²) in [6.45, 7) is 13.1. The van der Waals surface area contributed by atoms with Gasteiger partial charge in [-0.25, -0.2) is 4.98 Å². The van der Waals surface area contributed by atoms with E-state index in [0.717, 1.165) is 77.3 Å². The van der Waals surface area contributed by atoms with E-state index in [1.807, 2.05) is 6.07 Å². The third-order valence-electron chi connectivity index (χ3n) is 7.92. The average molecular weight is 526 g/mol. The van der Waals surface area contributed by atoms with Crippen molar-refractivity contribution in [3.05, 3.63) is 78.0 Å². The van der Waals surface area contributed by atoms with Crippen molar-refractivity contribution < 1.29 is 4.79 Å². The maximum atomic E-state index is 12.5. The summed E-state index contributed by atoms with van der Waals surface area (Å²) >= 11 is 6.74. The molecule has 1 fully saturated rings. The normalized spacial score (nSPS) is 15.9. The van der Waals surface area contributed by atoms with Crippen molar-refractivity contribution in [2.24, 2.45) is 0 Å². The van der Waals surface area contributed by atoms with Crippen molar-refractivity contribution in [2.75, 3.05) is 42.5 Å². The highest BCUT2D eigenvalue weighted by Crippen LogP contribution is 2.43. The topological polar surface area (TPSA) is 55.5 Å². The molecule has 0 spiro atoms. The summed E-state index contributed by atoms with van der Waals surface area (Å²) in [7, 11) is 0. The number of fused-ring (bicyclic) bond motifs is 2. The van der Waals surface area contributed by atoms with Crippen LogP contribution in [0.25, 0.3) is 33.4 Å². The van der Waals surface area contributed by atoms with Gasteiger partial charge in [0.25, 0.3) is 0 Å². The van der Waals surface area contributed by atoms with E-state index in [4.69, 9.17) is 11.6 Å². The maximum absolute atomic E-state index is 12.5. The second-order valence-corrected chi connectivity index (χ2v) is 10.7. The molecule has 0 aliphatic carbocycles. The number of pyridine rings is 1. The molecule has 0 saturated carbocycles. The lowest BCUT2D eigenvalue weighted by molar-refractivity contribution is -0.114. The quantitative estimate of drug-likeness (QED) is 0.317. The summed E-state index contributed by atoms with van der Waals surface area (Å²) in [6, 6.07) is 17.5. The maximum Gasteiger partial charge on any atom is 0.250 e. The number of halogens is 1. The first-order valence-electron chi connectivity index (χ1n) is 13.3. The van der Waals surface area contributed by atoms with E-state index >= 15 is 0 Å². The van der Waals surface area contributed by atoms with Gasteiger partial charge in [-0.05, 0) is 67.3 Å². The highest BCUT2D eigenvalue weighted by molar-refractivity contribution is 6.36. The summed E-state index contributed by atoms with van der Waals surface area (Å²) in [5, 5.41) is 1.53. The molecule has 1 amide bonds. The summed E-state index contributed by atoms with van der Waals surface area (Å²) < 4.78 is 0. The number of H-pyrrole nitrogens is 1. The van der Waals surface area contributed by atoms with Gasteiger partial charge < -0.3 is 14.8 Å². The first-order valence-corrected chi connectivity index (χ1v) is 13.6. The molecular formula is C31H32ClN5O. The van der Waals surface area contributed by atoms with Crippen molar-refractivity contribution >= 4 is 39.9 Å². The molecule has 6 rings (SSSR count). The zero-order valence-corrected chi connectivity index (χ0v) is 22.6. The zero-order valence-electron chi connectivity index (χ0n) is 21.9. The number of aromatic nitrogens is 2. The fraction of sp³-hybridized carbons (Fsp3) is 0.290. The van der Waals surface area contributed by atoms with E-state index < -0.39 is 0 Å². The molecule has 2 aromatic carbocycles. The van der Waals surface area contributed by atoms with Crippen LogP contribution in [0.5, 0.6) is 0 Å². The molecule has 2 aliphatic rings. The van der Waals surface area contributed by atoms with E-state index in [1.165, 1.54) is 11.8 Å². The van der Waals surface area contributed by atoms with E-state index in [9.17, 15) is 4.79 Å². The van der Waals surface area contributed by atoms with Gasteiger partial charge in [0, 0.05) is 67.3 Å². The SMILES string of the molecule is C=CC(=O)N1CCc2ccc(-c3c(-c4ccc(N5CCN(C(C)C)CC5)cc4)[nH]c4nccc(Cl)c34)cc21. The molecule has 4 heterocycles. The Bertz CT molecular complexity index is 1520. The Hall–Kier alpha value is -3.61. The lowest BCUT2D eigenvalue weighted by atomic mass is 9.97. The van der Waals surface area contributed by atoms with Crippen LogP contribution in [0.4, 0.5) is 11.4 Å². The Morgan fingerprint density at radius 2 is 1.76 bits per heavy atom. The highest BCUT2D eigenvalue weighted by atomic mass is 35.5. The number of carbonyl (C=O) groups is 1. The fourth-order valence-corrected chi connectivity index (χ4v) is 6.03. The number of nitrogens with zero attached hydrogens (tertiary/aromatic N) is 4. The van der Waals surface area contributed by atoms with Crippen molar-refractivity contribution in [2.45, 2.75) is 26.3 Å². The number of aromatic amines is 1. The number of benzene rings is 2. The minimum absolute atomic E-state index is 0.0791. The van der Waals surface area contributed by atoms with Gasteiger partial charge in [-0.1, -0.05) is 42.4 Å². The van der Waals surface area contributed by atoms with E-state index in [-0.39, 0.29) is 5.91 Å². The van der Waals surface area contributed by atoms with Gasteiger partial charge in [-0.15, -0.1) is 0 Å². The lowest BCUT2D eigenvalue weighted by Crippen LogP contribution is -2.48. The number of rotatable bonds is 5. The number of hydrogen-bond donors (Lipinski definition) is 1. The highest BCUT2D eigenvalue weighted by Gasteiger charge is 2.26. The Labute approximate surface area is 228 Å². The smallest absolute Gasteiger partial charge is 0.250 e. The molecule has 1 N–H and O–H groups in total. The van der Waals surface area contributed by atoms with Crippen LogP contribution in [-0.4, -0.2) is 59.5 Å². The standard InChI is InChI=1S/C31H32ClN5O/c1-4-27(38)37-14-12-21-5-6-23(19-26(21)37)28-29-25(32)11-13-33-31(29)34-30(28)22-7-9-24(10-8-22)36-17-15-35(16-18-36)20(2)3/h4-11,13,19-20H,1,12,14-18H2,2-3H3,(H,33,34). The van der Waals surface area contributed by atoms with Crippen LogP contribution in [0, 0.1) is 0 Å². The number of nitrogens with one attached hydrogen (secondary N) is 1. The number of amides is 1. The van der Waals surface area contributed by atoms with Crippen LogP contribution in [0.1, 0.15) is 19.4 Å². The van der Waals surface area contributed by atoms with Crippen LogP contribution >= 0.6 is 11.6 Å². The van der Waals surface area contributed by atoms with E-state index in [1.54, 1.807) is 11.1 Å². The van der Waals surface area contributed by atoms with Gasteiger partial charge >= 0.3 is 0 Å². The molecule has 2 aliphatic heterocycles. The summed E-state index contributed by atoms with van der Waals surface area (Å²) in [6.07, 6.45) is 3.94. The minimum atomic E-state index is -0.0791. The van der Waals surface area contributed by atoms with Gasteiger partial charge in [-0.3, -0.25) is 9.69 Å². The molecule has 0 unspecified atom stereocenters. The lowest BCUT2D eigenvalue weighted by Gasteiger charge is -2.38. The average Bonchev–Trinajstić information content (AvgIpc) is 3.55. The van der Waals surface area contributed by atoms with Crippen LogP contribution in [0.3, 0.4) is 0 Å². The molecule has 1 saturated heterocycles. The molecule has 0 radical (unpaired) electrons. The zero-order chi connectivity index (χ0) is 26.4. The number of carbonyl (C=O) groups excluding carboxylic acids is 1. The number of anilines is 2. The molecule has 4 aromatic rings. The van der Waals surface area contributed by atoms with Crippen molar-refractivity contribution in [3.8, 4) is 22.4 Å². The van der Waals surface area contributed by atoms with E-state index in [0.29, 0.717) is 17.6 Å². The third-order valence-corrected chi connectivity index (χ3v) is 8.23. The van der Waals surface area contributed by atoms with Gasteiger partial charge in [0.15, 0.2) is 0 Å². The third kappa shape index (κ3) is 4.28. The van der Waals surface area contributed by atoms with Gasteiger partial charge in [0.05, 0.1) is 10.7 Å². The van der Waals surface area contributed by atoms with Crippen molar-refractivity contribution in [1.29, 1.82) is 0 Å². The van der Waals surface area contributed by atoms with Crippen LogP contribution in [-0.2, 0) is 11.2 Å². The monoisotopic (exact) mass is 525 g/mol. The Morgan fingerprint density at radius 1 is 1.03 bits per heavy atom. The Balaban J connectivity index is 1.40. The predicted octanol–water partition coefficient (Wildman–Crippen LogP) is 6.16.